The van der Waals surface area contributed by atoms with Crippen molar-refractivity contribution in [2.75, 3.05) is 32.2 Å². The summed E-state index contributed by atoms with van der Waals surface area (Å²) in [6.07, 6.45) is 0. The fraction of sp³-hybridized carbons (Fsp3) is 0.667. The van der Waals surface area contributed by atoms with Crippen LogP contribution >= 0.6 is 15.9 Å². The van der Waals surface area contributed by atoms with Gasteiger partial charge in [-0.3, -0.25) is 0 Å². The fourth-order valence-corrected chi connectivity index (χ4v) is 1.65. The van der Waals surface area contributed by atoms with Crippen LogP contribution in [-0.2, 0) is 10.2 Å². The van der Waals surface area contributed by atoms with Gasteiger partial charge in [0.25, 0.3) is 0 Å². The second-order valence-corrected chi connectivity index (χ2v) is 5.85. The van der Waals surface area contributed by atoms with Crippen molar-refractivity contribution in [1.82, 2.24) is 9.97 Å². The maximum atomic E-state index is 5.06. The van der Waals surface area contributed by atoms with Crippen molar-refractivity contribution in [2.45, 2.75) is 26.2 Å². The molecule has 0 aliphatic rings. The average Bonchev–Trinajstić information content (AvgIpc) is 2.23. The van der Waals surface area contributed by atoms with E-state index < -0.39 is 0 Å². The molecule has 0 amide bonds. The minimum absolute atomic E-state index is 0.0549. The molecule has 0 saturated carbocycles. The van der Waals surface area contributed by atoms with Crippen molar-refractivity contribution in [3.8, 4) is 0 Å². The molecule has 17 heavy (non-hydrogen) atoms. The molecule has 0 aromatic carbocycles. The van der Waals surface area contributed by atoms with E-state index in [0.717, 1.165) is 22.8 Å². The lowest BCUT2D eigenvalue weighted by Gasteiger charge is -2.22. The summed E-state index contributed by atoms with van der Waals surface area (Å²) in [4.78, 5) is 11.1. The molecule has 0 unspecified atom stereocenters. The molecule has 0 aliphatic carbocycles. The standard InChI is InChI=1S/C12H20BrN3O/c1-12(2,3)11-14-9(13)8-10(15-11)16(4)6-7-17-5/h8H,6-7H2,1-5H3. The predicted molar refractivity (Wildman–Crippen MR) is 73.6 cm³/mol. The number of likely N-dealkylation sites (N-methyl/N-ethyl adjacent to an activating group) is 1. The van der Waals surface area contributed by atoms with Gasteiger partial charge in [-0.25, -0.2) is 9.97 Å². The van der Waals surface area contributed by atoms with Crippen molar-refractivity contribution < 1.29 is 4.74 Å². The molecule has 96 valence electrons. The van der Waals surface area contributed by atoms with Crippen LogP contribution in [0.2, 0.25) is 0 Å². The van der Waals surface area contributed by atoms with Gasteiger partial charge in [0.1, 0.15) is 16.2 Å². The van der Waals surface area contributed by atoms with Crippen LogP contribution in [0.25, 0.3) is 0 Å². The highest BCUT2D eigenvalue weighted by Gasteiger charge is 2.19. The molecular formula is C12H20BrN3O. The van der Waals surface area contributed by atoms with Crippen molar-refractivity contribution in [1.29, 1.82) is 0 Å². The van der Waals surface area contributed by atoms with Crippen LogP contribution in [0.1, 0.15) is 26.6 Å². The molecule has 5 heteroatoms. The summed E-state index contributed by atoms with van der Waals surface area (Å²) in [5.41, 5.74) is -0.0549. The molecule has 4 nitrogen and oxygen atoms in total. The number of aromatic nitrogens is 2. The molecule has 0 bridgehead atoms. The Bertz CT molecular complexity index is 377. The van der Waals surface area contributed by atoms with Gasteiger partial charge in [-0.2, -0.15) is 0 Å². The van der Waals surface area contributed by atoms with Crippen molar-refractivity contribution in [3.63, 3.8) is 0 Å². The molecular weight excluding hydrogens is 282 g/mol. The molecule has 0 fully saturated rings. The van der Waals surface area contributed by atoms with E-state index in [2.05, 4.69) is 51.6 Å². The van der Waals surface area contributed by atoms with E-state index in [1.165, 1.54) is 0 Å². The maximum absolute atomic E-state index is 5.06. The van der Waals surface area contributed by atoms with Crippen molar-refractivity contribution in [2.24, 2.45) is 0 Å². The highest BCUT2D eigenvalue weighted by Crippen LogP contribution is 2.23. The van der Waals surface area contributed by atoms with Crippen LogP contribution in [-0.4, -0.2) is 37.3 Å². The van der Waals surface area contributed by atoms with E-state index in [1.54, 1.807) is 7.11 Å². The number of hydrogen-bond donors (Lipinski definition) is 0. The lowest BCUT2D eigenvalue weighted by Crippen LogP contribution is -2.25. The third kappa shape index (κ3) is 4.24. The number of hydrogen-bond acceptors (Lipinski definition) is 4. The molecule has 0 spiro atoms. The van der Waals surface area contributed by atoms with E-state index in [0.29, 0.717) is 6.61 Å². The lowest BCUT2D eigenvalue weighted by molar-refractivity contribution is 0.206. The Morgan fingerprint density at radius 2 is 2.00 bits per heavy atom. The number of rotatable bonds is 4. The van der Waals surface area contributed by atoms with Crippen LogP contribution in [0.5, 0.6) is 0 Å². The highest BCUT2D eigenvalue weighted by molar-refractivity contribution is 9.10. The van der Waals surface area contributed by atoms with Gasteiger partial charge in [-0.15, -0.1) is 0 Å². The second-order valence-electron chi connectivity index (χ2n) is 5.04. The monoisotopic (exact) mass is 301 g/mol. The first-order chi connectivity index (χ1) is 7.84. The summed E-state index contributed by atoms with van der Waals surface area (Å²) in [7, 11) is 3.70. The Hall–Kier alpha value is -0.680. The Balaban J connectivity index is 2.97. The summed E-state index contributed by atoms with van der Waals surface area (Å²) < 4.78 is 5.88. The van der Waals surface area contributed by atoms with Crippen LogP contribution in [0.3, 0.4) is 0 Å². The first-order valence-corrected chi connectivity index (χ1v) is 6.39. The van der Waals surface area contributed by atoms with Gasteiger partial charge in [0.2, 0.25) is 0 Å². The minimum atomic E-state index is -0.0549. The van der Waals surface area contributed by atoms with Crippen LogP contribution in [0.15, 0.2) is 10.7 Å². The topological polar surface area (TPSA) is 38.2 Å². The summed E-state index contributed by atoms with van der Waals surface area (Å²) in [5.74, 6) is 1.75. The van der Waals surface area contributed by atoms with Crippen LogP contribution in [0.4, 0.5) is 5.82 Å². The summed E-state index contributed by atoms with van der Waals surface area (Å²) in [5, 5.41) is 0. The smallest absolute Gasteiger partial charge is 0.137 e. The molecule has 0 aliphatic heterocycles. The van der Waals surface area contributed by atoms with Gasteiger partial charge < -0.3 is 9.64 Å². The maximum Gasteiger partial charge on any atom is 0.137 e. The van der Waals surface area contributed by atoms with Crippen molar-refractivity contribution in [3.05, 3.63) is 16.5 Å². The van der Waals surface area contributed by atoms with Crippen molar-refractivity contribution >= 4 is 21.7 Å². The normalized spacial score (nSPS) is 11.6. The first-order valence-electron chi connectivity index (χ1n) is 5.59. The molecule has 0 N–H and O–H groups in total. The first kappa shape index (κ1) is 14.4. The largest absolute Gasteiger partial charge is 0.383 e. The molecule has 0 radical (unpaired) electrons. The second kappa shape index (κ2) is 5.78. The Labute approximate surface area is 112 Å². The van der Waals surface area contributed by atoms with Gasteiger partial charge in [-0.05, 0) is 15.9 Å². The summed E-state index contributed by atoms with van der Waals surface area (Å²) in [6, 6.07) is 1.92. The molecule has 1 aromatic rings. The quantitative estimate of drug-likeness (QED) is 0.801. The Morgan fingerprint density at radius 1 is 1.35 bits per heavy atom. The Kier molecular flexibility index (Phi) is 4.89. The zero-order valence-corrected chi connectivity index (χ0v) is 12.7. The molecule has 0 saturated heterocycles. The van der Waals surface area contributed by atoms with Crippen LogP contribution < -0.4 is 4.90 Å². The molecule has 1 rings (SSSR count). The zero-order chi connectivity index (χ0) is 13.1. The van der Waals surface area contributed by atoms with Gasteiger partial charge in [-0.1, -0.05) is 20.8 Å². The summed E-state index contributed by atoms with van der Waals surface area (Å²) >= 11 is 3.43. The average molecular weight is 302 g/mol. The summed E-state index contributed by atoms with van der Waals surface area (Å²) in [6.45, 7) is 7.81. The Morgan fingerprint density at radius 3 is 2.53 bits per heavy atom. The molecule has 1 aromatic heterocycles. The SMILES string of the molecule is COCCN(C)c1cc(Br)nc(C(C)(C)C)n1. The van der Waals surface area contributed by atoms with Gasteiger partial charge in [0.15, 0.2) is 0 Å². The van der Waals surface area contributed by atoms with Crippen LogP contribution in [0, 0.1) is 0 Å². The van der Waals surface area contributed by atoms with E-state index in [1.807, 2.05) is 13.1 Å². The third-order valence-corrected chi connectivity index (χ3v) is 2.78. The number of ether oxygens (including phenoxy) is 1. The van der Waals surface area contributed by atoms with E-state index >= 15 is 0 Å². The number of nitrogens with zero attached hydrogens (tertiary/aromatic N) is 3. The number of methoxy groups -OCH3 is 1. The lowest BCUT2D eigenvalue weighted by atomic mass is 9.96. The zero-order valence-electron chi connectivity index (χ0n) is 11.1. The fourth-order valence-electron chi connectivity index (χ4n) is 1.28. The van der Waals surface area contributed by atoms with Gasteiger partial charge in [0, 0.05) is 32.2 Å². The van der Waals surface area contributed by atoms with Gasteiger partial charge >= 0.3 is 0 Å². The number of halogens is 1. The molecule has 0 atom stereocenters. The highest BCUT2D eigenvalue weighted by atomic mass is 79.9. The predicted octanol–water partition coefficient (Wildman–Crippen LogP) is 2.62. The molecule has 1 heterocycles. The van der Waals surface area contributed by atoms with E-state index in [-0.39, 0.29) is 5.41 Å². The number of anilines is 1. The van der Waals surface area contributed by atoms with Gasteiger partial charge in [0.05, 0.1) is 6.61 Å². The third-order valence-electron chi connectivity index (χ3n) is 2.37. The van der Waals surface area contributed by atoms with E-state index in [4.69, 9.17) is 4.74 Å². The minimum Gasteiger partial charge on any atom is -0.383 e. The van der Waals surface area contributed by atoms with E-state index in [9.17, 15) is 0 Å².